The molecule has 0 radical (unpaired) electrons. The van der Waals surface area contributed by atoms with Gasteiger partial charge in [0.2, 0.25) is 0 Å². The Balaban J connectivity index is 2.39. The molecule has 0 atom stereocenters. The summed E-state index contributed by atoms with van der Waals surface area (Å²) in [6, 6.07) is 17.3. The quantitative estimate of drug-likeness (QED) is 0.448. The average Bonchev–Trinajstić information content (AvgIpc) is 2.77. The summed E-state index contributed by atoms with van der Waals surface area (Å²) in [4.78, 5) is 4.82. The van der Waals surface area contributed by atoms with Crippen molar-refractivity contribution in [3.8, 4) is 0 Å². The van der Waals surface area contributed by atoms with Crippen LogP contribution in [0, 0.1) is 6.92 Å². The summed E-state index contributed by atoms with van der Waals surface area (Å²) in [5, 5.41) is 5.39. The van der Waals surface area contributed by atoms with E-state index < -0.39 is 0 Å². The molecule has 0 aliphatic heterocycles. The zero-order valence-electron chi connectivity index (χ0n) is 9.97. The zero-order valence-corrected chi connectivity index (χ0v) is 11.7. The van der Waals surface area contributed by atoms with Gasteiger partial charge in [0.15, 0.2) is 0 Å². The second-order valence-electron chi connectivity index (χ2n) is 4.52. The van der Waals surface area contributed by atoms with E-state index in [1.54, 1.807) is 0 Å². The van der Waals surface area contributed by atoms with Gasteiger partial charge in [0.1, 0.15) is 0 Å². The van der Waals surface area contributed by atoms with Crippen molar-refractivity contribution in [1.29, 1.82) is 0 Å². The monoisotopic (exact) mass is 297 g/mol. The molecule has 1 nitrogen and oxygen atoms in total. The Morgan fingerprint density at radius 3 is 2.33 bits per heavy atom. The summed E-state index contributed by atoms with van der Waals surface area (Å²) in [7, 11) is 0. The van der Waals surface area contributed by atoms with Crippen molar-refractivity contribution in [2.45, 2.75) is 6.92 Å². The molecule has 86 valence electrons. The Morgan fingerprint density at radius 2 is 1.50 bits per heavy atom. The number of hydrogen-bond acceptors (Lipinski definition) is 1. The standard InChI is InChI=1S/C16H11NSe/c1-10-11-6-2-3-7-12(11)15-13-8-4-5-9-14(13)18-16(15)17-10/h2-9H,1H3. The summed E-state index contributed by atoms with van der Waals surface area (Å²) in [6.07, 6.45) is 0. The first-order chi connectivity index (χ1) is 8.84. The summed E-state index contributed by atoms with van der Waals surface area (Å²) < 4.78 is 2.75. The van der Waals surface area contributed by atoms with Gasteiger partial charge in [0.25, 0.3) is 0 Å². The number of aromatic nitrogens is 1. The van der Waals surface area contributed by atoms with Crippen molar-refractivity contribution in [2.75, 3.05) is 0 Å². The fourth-order valence-corrected chi connectivity index (χ4v) is 4.99. The van der Waals surface area contributed by atoms with E-state index in [0.717, 1.165) is 5.69 Å². The minimum atomic E-state index is 0.362. The van der Waals surface area contributed by atoms with Gasteiger partial charge in [-0.3, -0.25) is 0 Å². The molecule has 4 rings (SSSR count). The van der Waals surface area contributed by atoms with Gasteiger partial charge in [-0.2, -0.15) is 0 Å². The number of fused-ring (bicyclic) bond motifs is 5. The summed E-state index contributed by atoms with van der Waals surface area (Å²) >= 11 is 0.362. The predicted octanol–water partition coefficient (Wildman–Crippen LogP) is 3.91. The molecule has 0 N–H and O–H groups in total. The molecule has 0 amide bonds. The molecule has 2 aromatic heterocycles. The second kappa shape index (κ2) is 3.68. The van der Waals surface area contributed by atoms with Crippen molar-refractivity contribution in [3.63, 3.8) is 0 Å². The molecule has 0 aliphatic carbocycles. The van der Waals surface area contributed by atoms with Crippen LogP contribution in [0.4, 0.5) is 0 Å². The normalized spacial score (nSPS) is 11.6. The number of benzene rings is 2. The van der Waals surface area contributed by atoms with E-state index >= 15 is 0 Å². The third-order valence-corrected chi connectivity index (χ3v) is 5.67. The molecule has 0 aliphatic rings. The third kappa shape index (κ3) is 1.30. The number of aryl methyl sites for hydroxylation is 1. The van der Waals surface area contributed by atoms with Crippen LogP contribution < -0.4 is 0 Å². The molecule has 0 fully saturated rings. The Kier molecular flexibility index (Phi) is 2.11. The van der Waals surface area contributed by atoms with Crippen molar-refractivity contribution < 1.29 is 0 Å². The van der Waals surface area contributed by atoms with Gasteiger partial charge in [-0.25, -0.2) is 0 Å². The van der Waals surface area contributed by atoms with E-state index in [1.807, 2.05) is 0 Å². The first kappa shape index (κ1) is 10.3. The fourth-order valence-electron chi connectivity index (χ4n) is 2.60. The van der Waals surface area contributed by atoms with Crippen LogP contribution in [0.2, 0.25) is 0 Å². The molecule has 2 heterocycles. The van der Waals surface area contributed by atoms with Gasteiger partial charge in [0.05, 0.1) is 0 Å². The molecule has 0 unspecified atom stereocenters. The van der Waals surface area contributed by atoms with Crippen molar-refractivity contribution in [1.82, 2.24) is 4.98 Å². The first-order valence-electron chi connectivity index (χ1n) is 6.01. The van der Waals surface area contributed by atoms with Crippen molar-refractivity contribution >= 4 is 44.7 Å². The third-order valence-electron chi connectivity index (χ3n) is 3.43. The zero-order chi connectivity index (χ0) is 12.1. The van der Waals surface area contributed by atoms with Crippen LogP contribution in [0.25, 0.3) is 30.2 Å². The van der Waals surface area contributed by atoms with Crippen LogP contribution >= 0.6 is 0 Å². The molecule has 0 bridgehead atoms. The van der Waals surface area contributed by atoms with Crippen LogP contribution in [0.15, 0.2) is 48.5 Å². The van der Waals surface area contributed by atoms with Crippen LogP contribution in [0.1, 0.15) is 5.69 Å². The molecule has 4 aromatic rings. The number of hydrogen-bond donors (Lipinski definition) is 0. The number of rotatable bonds is 0. The molecule has 0 spiro atoms. The van der Waals surface area contributed by atoms with Crippen LogP contribution in [0.3, 0.4) is 0 Å². The Morgan fingerprint density at radius 1 is 0.833 bits per heavy atom. The molecular formula is C16H11NSe. The second-order valence-corrected chi connectivity index (χ2v) is 6.68. The topological polar surface area (TPSA) is 12.9 Å². The van der Waals surface area contributed by atoms with Gasteiger partial charge >= 0.3 is 111 Å². The molecule has 2 heteroatoms. The Hall–Kier alpha value is -1.63. The van der Waals surface area contributed by atoms with Gasteiger partial charge in [-0.1, -0.05) is 0 Å². The average molecular weight is 296 g/mol. The first-order valence-corrected chi connectivity index (χ1v) is 7.72. The maximum atomic E-state index is 4.82. The van der Waals surface area contributed by atoms with Gasteiger partial charge < -0.3 is 0 Å². The molecule has 0 saturated carbocycles. The number of pyridine rings is 1. The summed E-state index contributed by atoms with van der Waals surface area (Å²) in [6.45, 7) is 2.11. The molecule has 18 heavy (non-hydrogen) atoms. The Labute approximate surface area is 111 Å². The van der Waals surface area contributed by atoms with Crippen molar-refractivity contribution in [2.24, 2.45) is 0 Å². The van der Waals surface area contributed by atoms with Crippen LogP contribution in [0.5, 0.6) is 0 Å². The van der Waals surface area contributed by atoms with Gasteiger partial charge in [-0.15, -0.1) is 0 Å². The molecular weight excluding hydrogens is 285 g/mol. The fraction of sp³-hybridized carbons (Fsp3) is 0.0625. The van der Waals surface area contributed by atoms with E-state index in [9.17, 15) is 0 Å². The van der Waals surface area contributed by atoms with E-state index in [4.69, 9.17) is 4.98 Å². The van der Waals surface area contributed by atoms with E-state index in [1.165, 1.54) is 30.2 Å². The summed E-state index contributed by atoms with van der Waals surface area (Å²) in [5.74, 6) is 0. The SMILES string of the molecule is Cc1nc2[se]c3ccccc3c2c2ccccc12. The molecule has 0 saturated heterocycles. The summed E-state index contributed by atoms with van der Waals surface area (Å²) in [5.41, 5.74) is 1.15. The van der Waals surface area contributed by atoms with Crippen LogP contribution in [-0.4, -0.2) is 19.5 Å². The van der Waals surface area contributed by atoms with Crippen molar-refractivity contribution in [3.05, 3.63) is 54.2 Å². The van der Waals surface area contributed by atoms with E-state index in [0.29, 0.717) is 14.5 Å². The predicted molar refractivity (Wildman–Crippen MR) is 78.4 cm³/mol. The van der Waals surface area contributed by atoms with E-state index in [2.05, 4.69) is 55.5 Å². The van der Waals surface area contributed by atoms with Crippen LogP contribution in [-0.2, 0) is 0 Å². The Bertz CT molecular complexity index is 889. The van der Waals surface area contributed by atoms with Gasteiger partial charge in [-0.05, 0) is 0 Å². The van der Waals surface area contributed by atoms with Gasteiger partial charge in [0, 0.05) is 0 Å². The number of nitrogens with zero attached hydrogens (tertiary/aromatic N) is 1. The minimum absolute atomic E-state index is 0.362. The molecule has 2 aromatic carbocycles. The maximum absolute atomic E-state index is 4.82. The van der Waals surface area contributed by atoms with E-state index in [-0.39, 0.29) is 0 Å².